The van der Waals surface area contributed by atoms with Crippen LogP contribution in [0.1, 0.15) is 5.56 Å². The molecule has 0 fully saturated rings. The largest absolute Gasteiger partial charge is 0.316 e. The molecule has 0 aromatic heterocycles. The lowest BCUT2D eigenvalue weighted by Crippen LogP contribution is -2.06. The fourth-order valence-corrected chi connectivity index (χ4v) is 2.02. The summed E-state index contributed by atoms with van der Waals surface area (Å²) in [6.07, 6.45) is 0. The predicted molar refractivity (Wildman–Crippen MR) is 69.6 cm³/mol. The minimum absolute atomic E-state index is 0.0623. The molecule has 0 unspecified atom stereocenters. The Morgan fingerprint density at radius 3 is 2.56 bits per heavy atom. The molecule has 18 heavy (non-hydrogen) atoms. The van der Waals surface area contributed by atoms with Crippen molar-refractivity contribution >= 4 is 11.6 Å². The molecule has 0 aliphatic carbocycles. The van der Waals surface area contributed by atoms with Crippen LogP contribution in [0.2, 0.25) is 5.02 Å². The Hall–Kier alpha value is -1.45. The van der Waals surface area contributed by atoms with E-state index in [0.29, 0.717) is 6.54 Å². The fourth-order valence-electron chi connectivity index (χ4n) is 1.84. The van der Waals surface area contributed by atoms with E-state index in [-0.39, 0.29) is 10.8 Å². The first-order valence-electron chi connectivity index (χ1n) is 5.50. The summed E-state index contributed by atoms with van der Waals surface area (Å²) in [5.41, 5.74) is 2.42. The summed E-state index contributed by atoms with van der Waals surface area (Å²) < 4.78 is 26.3. The second-order valence-electron chi connectivity index (χ2n) is 3.96. The van der Waals surface area contributed by atoms with Gasteiger partial charge in [-0.2, -0.15) is 0 Å². The van der Waals surface area contributed by atoms with Gasteiger partial charge in [0.05, 0.1) is 5.02 Å². The van der Waals surface area contributed by atoms with E-state index >= 15 is 0 Å². The van der Waals surface area contributed by atoms with Gasteiger partial charge in [0.15, 0.2) is 0 Å². The van der Waals surface area contributed by atoms with E-state index in [2.05, 4.69) is 5.32 Å². The Balaban J connectivity index is 2.51. The predicted octanol–water partition coefficient (Wildman–Crippen LogP) is 4.00. The monoisotopic (exact) mass is 267 g/mol. The molecule has 0 saturated heterocycles. The van der Waals surface area contributed by atoms with Gasteiger partial charge in [0.1, 0.15) is 11.6 Å². The van der Waals surface area contributed by atoms with Gasteiger partial charge in [0, 0.05) is 6.54 Å². The standard InChI is InChI=1S/C14H12ClF2N/c1-18-8-10-6-11(16)3-4-12(10)9-2-5-14(17)13(15)7-9/h2-7,18H,8H2,1H3. The summed E-state index contributed by atoms with van der Waals surface area (Å²) >= 11 is 5.76. The number of benzene rings is 2. The maximum atomic E-state index is 13.2. The minimum Gasteiger partial charge on any atom is -0.316 e. The van der Waals surface area contributed by atoms with Crippen LogP contribution in [-0.2, 0) is 6.54 Å². The van der Waals surface area contributed by atoms with Crippen LogP contribution in [-0.4, -0.2) is 7.05 Å². The second kappa shape index (κ2) is 5.46. The zero-order valence-corrected chi connectivity index (χ0v) is 10.6. The van der Waals surface area contributed by atoms with Gasteiger partial charge in [-0.15, -0.1) is 0 Å². The highest BCUT2D eigenvalue weighted by Crippen LogP contribution is 2.28. The Morgan fingerprint density at radius 2 is 1.89 bits per heavy atom. The van der Waals surface area contributed by atoms with Crippen LogP contribution in [0.15, 0.2) is 36.4 Å². The molecule has 0 saturated carbocycles. The van der Waals surface area contributed by atoms with E-state index in [9.17, 15) is 8.78 Å². The lowest BCUT2D eigenvalue weighted by atomic mass is 9.99. The molecule has 0 spiro atoms. The number of rotatable bonds is 3. The summed E-state index contributed by atoms with van der Waals surface area (Å²) in [4.78, 5) is 0. The minimum atomic E-state index is -0.460. The molecule has 2 rings (SSSR count). The topological polar surface area (TPSA) is 12.0 Å². The fraction of sp³-hybridized carbons (Fsp3) is 0.143. The number of hydrogen-bond acceptors (Lipinski definition) is 1. The van der Waals surface area contributed by atoms with Gasteiger partial charge in [-0.3, -0.25) is 0 Å². The number of halogens is 3. The lowest BCUT2D eigenvalue weighted by Gasteiger charge is -2.10. The van der Waals surface area contributed by atoms with Gasteiger partial charge < -0.3 is 5.32 Å². The summed E-state index contributed by atoms with van der Waals surface area (Å²) in [5, 5.41) is 3.04. The zero-order chi connectivity index (χ0) is 13.1. The smallest absolute Gasteiger partial charge is 0.141 e. The van der Waals surface area contributed by atoms with Crippen LogP contribution < -0.4 is 5.32 Å². The Labute approximate surface area is 109 Å². The maximum absolute atomic E-state index is 13.2. The van der Waals surface area contributed by atoms with Crippen molar-refractivity contribution in [2.24, 2.45) is 0 Å². The number of hydrogen-bond donors (Lipinski definition) is 1. The summed E-state index contributed by atoms with van der Waals surface area (Å²) in [6.45, 7) is 0.530. The van der Waals surface area contributed by atoms with E-state index in [0.717, 1.165) is 16.7 Å². The van der Waals surface area contributed by atoms with Crippen molar-refractivity contribution in [3.05, 3.63) is 58.6 Å². The maximum Gasteiger partial charge on any atom is 0.141 e. The SMILES string of the molecule is CNCc1cc(F)ccc1-c1ccc(F)c(Cl)c1. The Bertz CT molecular complexity index is 570. The Morgan fingerprint density at radius 1 is 1.11 bits per heavy atom. The summed E-state index contributed by atoms with van der Waals surface area (Å²) in [5.74, 6) is -0.755. The highest BCUT2D eigenvalue weighted by atomic mass is 35.5. The first-order chi connectivity index (χ1) is 8.61. The van der Waals surface area contributed by atoms with Crippen molar-refractivity contribution in [3.8, 4) is 11.1 Å². The first kappa shape index (κ1) is 13.0. The van der Waals surface area contributed by atoms with E-state index < -0.39 is 5.82 Å². The summed E-state index contributed by atoms with van der Waals surface area (Å²) in [6, 6.07) is 9.00. The van der Waals surface area contributed by atoms with E-state index in [4.69, 9.17) is 11.6 Å². The molecule has 0 heterocycles. The third kappa shape index (κ3) is 2.68. The quantitative estimate of drug-likeness (QED) is 0.886. The van der Waals surface area contributed by atoms with Crippen LogP contribution in [0.4, 0.5) is 8.78 Å². The molecule has 2 aromatic rings. The van der Waals surface area contributed by atoms with Crippen molar-refractivity contribution in [2.75, 3.05) is 7.05 Å². The third-order valence-corrected chi connectivity index (χ3v) is 2.95. The molecule has 0 amide bonds. The molecule has 0 aliphatic rings. The van der Waals surface area contributed by atoms with E-state index in [1.54, 1.807) is 25.2 Å². The van der Waals surface area contributed by atoms with Gasteiger partial charge in [-0.05, 0) is 48.0 Å². The highest BCUT2D eigenvalue weighted by Gasteiger charge is 2.08. The molecule has 0 radical (unpaired) electrons. The van der Waals surface area contributed by atoms with E-state index in [1.807, 2.05) is 0 Å². The van der Waals surface area contributed by atoms with Crippen molar-refractivity contribution in [1.29, 1.82) is 0 Å². The van der Waals surface area contributed by atoms with Gasteiger partial charge in [0.25, 0.3) is 0 Å². The van der Waals surface area contributed by atoms with Crippen LogP contribution in [0.5, 0.6) is 0 Å². The molecule has 0 aliphatic heterocycles. The van der Waals surface area contributed by atoms with Crippen molar-refractivity contribution in [1.82, 2.24) is 5.32 Å². The molecule has 0 bridgehead atoms. The van der Waals surface area contributed by atoms with E-state index in [1.165, 1.54) is 18.2 Å². The zero-order valence-electron chi connectivity index (χ0n) is 9.81. The molecule has 1 N–H and O–H groups in total. The average molecular weight is 268 g/mol. The van der Waals surface area contributed by atoms with Gasteiger partial charge in [-0.1, -0.05) is 23.7 Å². The molecule has 4 heteroatoms. The lowest BCUT2D eigenvalue weighted by molar-refractivity contribution is 0.623. The van der Waals surface area contributed by atoms with Gasteiger partial charge >= 0.3 is 0 Å². The summed E-state index contributed by atoms with van der Waals surface area (Å²) in [7, 11) is 1.78. The second-order valence-corrected chi connectivity index (χ2v) is 4.37. The molecule has 2 aromatic carbocycles. The van der Waals surface area contributed by atoms with Crippen LogP contribution >= 0.6 is 11.6 Å². The van der Waals surface area contributed by atoms with Gasteiger partial charge in [-0.25, -0.2) is 8.78 Å². The average Bonchev–Trinajstić information content (AvgIpc) is 2.34. The van der Waals surface area contributed by atoms with Crippen LogP contribution in [0, 0.1) is 11.6 Å². The third-order valence-electron chi connectivity index (χ3n) is 2.67. The molecule has 94 valence electrons. The van der Waals surface area contributed by atoms with Gasteiger partial charge in [0.2, 0.25) is 0 Å². The molecular formula is C14H12ClF2N. The normalized spacial score (nSPS) is 10.7. The molecule has 1 nitrogen and oxygen atoms in total. The highest BCUT2D eigenvalue weighted by molar-refractivity contribution is 6.31. The van der Waals surface area contributed by atoms with Crippen molar-refractivity contribution in [3.63, 3.8) is 0 Å². The number of nitrogens with one attached hydrogen (secondary N) is 1. The van der Waals surface area contributed by atoms with Crippen molar-refractivity contribution in [2.45, 2.75) is 6.54 Å². The van der Waals surface area contributed by atoms with Crippen LogP contribution in [0.3, 0.4) is 0 Å². The first-order valence-corrected chi connectivity index (χ1v) is 5.88. The van der Waals surface area contributed by atoms with Crippen molar-refractivity contribution < 1.29 is 8.78 Å². The van der Waals surface area contributed by atoms with Crippen LogP contribution in [0.25, 0.3) is 11.1 Å². The molecule has 0 atom stereocenters. The Kier molecular flexibility index (Phi) is 3.94. The molecular weight excluding hydrogens is 256 g/mol.